The molecule has 0 unspecified atom stereocenters. The number of benzene rings is 2. The van der Waals surface area contributed by atoms with E-state index in [4.69, 9.17) is 9.47 Å². The molecule has 0 atom stereocenters. The van der Waals surface area contributed by atoms with Gasteiger partial charge >= 0.3 is 0 Å². The van der Waals surface area contributed by atoms with Gasteiger partial charge in [0, 0.05) is 6.07 Å². The molecule has 2 aromatic carbocycles. The van der Waals surface area contributed by atoms with Crippen LogP contribution in [0, 0.1) is 5.82 Å². The Kier molecular flexibility index (Phi) is 4.20. The van der Waals surface area contributed by atoms with Gasteiger partial charge in [0.15, 0.2) is 11.5 Å². The number of hydrogen-bond donors (Lipinski definition) is 0. The zero-order chi connectivity index (χ0) is 13.0. The lowest BCUT2D eigenvalue weighted by molar-refractivity contribution is 0.281. The van der Waals surface area contributed by atoms with Gasteiger partial charge in [-0.25, -0.2) is 4.39 Å². The van der Waals surface area contributed by atoms with Crippen molar-refractivity contribution in [1.29, 1.82) is 0 Å². The minimum Gasteiger partial charge on any atom is -0.493 e. The van der Waals surface area contributed by atoms with Crippen molar-refractivity contribution >= 4 is 15.9 Å². The van der Waals surface area contributed by atoms with Crippen molar-refractivity contribution in [2.45, 2.75) is 6.61 Å². The summed E-state index contributed by atoms with van der Waals surface area (Å²) in [6, 6.07) is 12.4. The van der Waals surface area contributed by atoms with E-state index in [1.54, 1.807) is 0 Å². The molecule has 0 saturated carbocycles. The Hall–Kier alpha value is -1.55. The molecule has 0 spiro atoms. The fourth-order valence-electron chi connectivity index (χ4n) is 1.56. The van der Waals surface area contributed by atoms with Gasteiger partial charge in [-0.1, -0.05) is 30.3 Å². The molecule has 0 aromatic heterocycles. The molecule has 18 heavy (non-hydrogen) atoms. The van der Waals surface area contributed by atoms with E-state index >= 15 is 0 Å². The topological polar surface area (TPSA) is 18.5 Å². The minimum absolute atomic E-state index is 0.370. The summed E-state index contributed by atoms with van der Waals surface area (Å²) in [4.78, 5) is 0. The van der Waals surface area contributed by atoms with Gasteiger partial charge in [-0.05, 0) is 27.6 Å². The molecule has 0 saturated heterocycles. The van der Waals surface area contributed by atoms with Crippen LogP contribution in [0.2, 0.25) is 0 Å². The summed E-state index contributed by atoms with van der Waals surface area (Å²) < 4.78 is 24.5. The van der Waals surface area contributed by atoms with Crippen molar-refractivity contribution in [3.05, 3.63) is 58.3 Å². The molecule has 0 N–H and O–H groups in total. The highest BCUT2D eigenvalue weighted by Gasteiger charge is 2.11. The quantitative estimate of drug-likeness (QED) is 0.843. The van der Waals surface area contributed by atoms with E-state index in [9.17, 15) is 4.39 Å². The molecule has 0 fully saturated rings. The van der Waals surface area contributed by atoms with Gasteiger partial charge in [0.25, 0.3) is 0 Å². The molecule has 0 bridgehead atoms. The van der Waals surface area contributed by atoms with Crippen molar-refractivity contribution in [3.8, 4) is 11.5 Å². The normalized spacial score (nSPS) is 10.2. The molecule has 0 heterocycles. The maximum atomic E-state index is 13.2. The van der Waals surface area contributed by atoms with Crippen LogP contribution >= 0.6 is 15.9 Å². The Morgan fingerprint density at radius 2 is 1.89 bits per heavy atom. The number of ether oxygens (including phenoxy) is 2. The fraction of sp³-hybridized carbons (Fsp3) is 0.143. The van der Waals surface area contributed by atoms with Crippen LogP contribution < -0.4 is 9.47 Å². The standard InChI is InChI=1S/C14H12BrFO2/c1-17-13-8-11(16)7-12(15)14(13)18-9-10-5-3-2-4-6-10/h2-8H,9H2,1H3. The van der Waals surface area contributed by atoms with Gasteiger partial charge < -0.3 is 9.47 Å². The average Bonchev–Trinajstić information content (AvgIpc) is 2.38. The molecule has 2 rings (SSSR count). The van der Waals surface area contributed by atoms with E-state index in [0.29, 0.717) is 22.6 Å². The summed E-state index contributed by atoms with van der Waals surface area (Å²) in [6.07, 6.45) is 0. The second-order valence-electron chi connectivity index (χ2n) is 3.69. The smallest absolute Gasteiger partial charge is 0.176 e. The van der Waals surface area contributed by atoms with Crippen LogP contribution in [0.25, 0.3) is 0 Å². The van der Waals surface area contributed by atoms with Crippen LogP contribution in [0.15, 0.2) is 46.9 Å². The van der Waals surface area contributed by atoms with Gasteiger partial charge in [0.1, 0.15) is 12.4 Å². The van der Waals surface area contributed by atoms with E-state index in [-0.39, 0.29) is 5.82 Å². The zero-order valence-electron chi connectivity index (χ0n) is 9.82. The molecular weight excluding hydrogens is 299 g/mol. The Morgan fingerprint density at radius 3 is 2.56 bits per heavy atom. The first kappa shape index (κ1) is 12.9. The van der Waals surface area contributed by atoms with Crippen molar-refractivity contribution in [2.24, 2.45) is 0 Å². The molecule has 0 aliphatic carbocycles. The first-order valence-electron chi connectivity index (χ1n) is 5.40. The second kappa shape index (κ2) is 5.87. The van der Waals surface area contributed by atoms with Gasteiger partial charge in [0.05, 0.1) is 11.6 Å². The van der Waals surface area contributed by atoms with E-state index in [1.807, 2.05) is 30.3 Å². The molecule has 0 aliphatic rings. The Bertz CT molecular complexity index is 529. The summed E-state index contributed by atoms with van der Waals surface area (Å²) in [5, 5.41) is 0. The predicted octanol–water partition coefficient (Wildman–Crippen LogP) is 4.18. The maximum Gasteiger partial charge on any atom is 0.176 e. The average molecular weight is 311 g/mol. The first-order chi connectivity index (χ1) is 8.70. The van der Waals surface area contributed by atoms with Crippen LogP contribution in [-0.2, 0) is 6.61 Å². The van der Waals surface area contributed by atoms with Crippen LogP contribution in [0.4, 0.5) is 4.39 Å². The lowest BCUT2D eigenvalue weighted by Crippen LogP contribution is -1.99. The van der Waals surface area contributed by atoms with E-state index in [2.05, 4.69) is 15.9 Å². The van der Waals surface area contributed by atoms with Gasteiger partial charge in [-0.2, -0.15) is 0 Å². The van der Waals surface area contributed by atoms with Crippen LogP contribution in [0.3, 0.4) is 0 Å². The van der Waals surface area contributed by atoms with E-state index in [0.717, 1.165) is 5.56 Å². The van der Waals surface area contributed by atoms with Gasteiger partial charge in [0.2, 0.25) is 0 Å². The summed E-state index contributed by atoms with van der Waals surface area (Å²) in [6.45, 7) is 0.404. The highest BCUT2D eigenvalue weighted by atomic mass is 79.9. The van der Waals surface area contributed by atoms with E-state index < -0.39 is 0 Å². The van der Waals surface area contributed by atoms with Crippen molar-refractivity contribution in [3.63, 3.8) is 0 Å². The van der Waals surface area contributed by atoms with Crippen molar-refractivity contribution < 1.29 is 13.9 Å². The lowest BCUT2D eigenvalue weighted by Gasteiger charge is -2.12. The third-order valence-corrected chi connectivity index (χ3v) is 3.01. The maximum absolute atomic E-state index is 13.2. The number of rotatable bonds is 4. The Balaban J connectivity index is 2.19. The molecule has 0 radical (unpaired) electrons. The molecule has 4 heteroatoms. The SMILES string of the molecule is COc1cc(F)cc(Br)c1OCc1ccccc1. The summed E-state index contributed by atoms with van der Waals surface area (Å²) >= 11 is 3.27. The van der Waals surface area contributed by atoms with Crippen molar-refractivity contribution in [2.75, 3.05) is 7.11 Å². The summed E-state index contributed by atoms with van der Waals surface area (Å²) in [5.41, 5.74) is 1.04. The highest BCUT2D eigenvalue weighted by Crippen LogP contribution is 2.36. The fourth-order valence-corrected chi connectivity index (χ4v) is 2.09. The molecular formula is C14H12BrFO2. The molecule has 2 nitrogen and oxygen atoms in total. The van der Waals surface area contributed by atoms with Crippen LogP contribution in [0.5, 0.6) is 11.5 Å². The monoisotopic (exact) mass is 310 g/mol. The lowest BCUT2D eigenvalue weighted by atomic mass is 10.2. The van der Waals surface area contributed by atoms with Gasteiger partial charge in [-0.3, -0.25) is 0 Å². The summed E-state index contributed by atoms with van der Waals surface area (Å²) in [5.74, 6) is 0.506. The Labute approximate surface area is 113 Å². The Morgan fingerprint density at radius 1 is 1.17 bits per heavy atom. The molecule has 94 valence electrons. The molecule has 2 aromatic rings. The highest BCUT2D eigenvalue weighted by molar-refractivity contribution is 9.10. The summed E-state index contributed by atoms with van der Waals surface area (Å²) in [7, 11) is 1.48. The first-order valence-corrected chi connectivity index (χ1v) is 6.20. The van der Waals surface area contributed by atoms with Gasteiger partial charge in [-0.15, -0.1) is 0 Å². The minimum atomic E-state index is -0.370. The van der Waals surface area contributed by atoms with Crippen LogP contribution in [0.1, 0.15) is 5.56 Å². The molecule has 0 amide bonds. The number of halogens is 2. The largest absolute Gasteiger partial charge is 0.493 e. The van der Waals surface area contributed by atoms with Crippen molar-refractivity contribution in [1.82, 2.24) is 0 Å². The third kappa shape index (κ3) is 3.01. The second-order valence-corrected chi connectivity index (χ2v) is 4.55. The van der Waals surface area contributed by atoms with E-state index in [1.165, 1.54) is 19.2 Å². The van der Waals surface area contributed by atoms with Crippen LogP contribution in [-0.4, -0.2) is 7.11 Å². The number of hydrogen-bond acceptors (Lipinski definition) is 2. The predicted molar refractivity (Wildman–Crippen MR) is 71.4 cm³/mol. The number of methoxy groups -OCH3 is 1. The zero-order valence-corrected chi connectivity index (χ0v) is 11.4. The third-order valence-electron chi connectivity index (χ3n) is 2.42. The molecule has 0 aliphatic heterocycles.